The third-order valence-electron chi connectivity index (χ3n) is 4.29. The van der Waals surface area contributed by atoms with Crippen LogP contribution in [-0.2, 0) is 0 Å². The Morgan fingerprint density at radius 2 is 1.69 bits per heavy atom. The highest BCUT2D eigenvalue weighted by atomic mass is 35.5. The Kier molecular flexibility index (Phi) is 4.31. The standard InChI is InChI=1S/C20H13Cl2FN2O/c21-12-5-8-14(9-6-12)25-19(15-3-1-2-4-16(15)20(25)26)24-13-7-10-18(23)17(22)11-13/h1-11,19,24H/t19-/m1/s1. The van der Waals surface area contributed by atoms with Gasteiger partial charge in [-0.25, -0.2) is 4.39 Å². The van der Waals surface area contributed by atoms with E-state index in [0.717, 1.165) is 5.56 Å². The summed E-state index contributed by atoms with van der Waals surface area (Å²) in [7, 11) is 0. The number of carbonyl (C=O) groups is 1. The summed E-state index contributed by atoms with van der Waals surface area (Å²) in [4.78, 5) is 14.6. The number of nitrogens with one attached hydrogen (secondary N) is 1. The lowest BCUT2D eigenvalue weighted by Crippen LogP contribution is -2.32. The fourth-order valence-electron chi connectivity index (χ4n) is 3.07. The minimum atomic E-state index is -0.491. The smallest absolute Gasteiger partial charge is 0.260 e. The van der Waals surface area contributed by atoms with Gasteiger partial charge in [-0.3, -0.25) is 9.69 Å². The maximum absolute atomic E-state index is 13.5. The largest absolute Gasteiger partial charge is 0.361 e. The van der Waals surface area contributed by atoms with Crippen LogP contribution in [-0.4, -0.2) is 5.91 Å². The van der Waals surface area contributed by atoms with Gasteiger partial charge in [0, 0.05) is 27.5 Å². The maximum atomic E-state index is 13.5. The first-order valence-corrected chi connectivity index (χ1v) is 8.70. The van der Waals surface area contributed by atoms with E-state index in [9.17, 15) is 9.18 Å². The summed E-state index contributed by atoms with van der Waals surface area (Å²) in [5.74, 6) is -0.608. The Balaban J connectivity index is 1.77. The second-order valence-corrected chi connectivity index (χ2v) is 6.76. The Bertz CT molecular complexity index is 991. The quantitative estimate of drug-likeness (QED) is 0.607. The summed E-state index contributed by atoms with van der Waals surface area (Å²) in [5.41, 5.74) is 2.78. The van der Waals surface area contributed by atoms with Gasteiger partial charge in [-0.15, -0.1) is 0 Å². The average molecular weight is 387 g/mol. The van der Waals surface area contributed by atoms with Crippen LogP contribution in [0.15, 0.2) is 66.7 Å². The zero-order valence-corrected chi connectivity index (χ0v) is 14.9. The van der Waals surface area contributed by atoms with E-state index in [1.165, 1.54) is 12.1 Å². The molecule has 26 heavy (non-hydrogen) atoms. The summed E-state index contributed by atoms with van der Waals surface area (Å²) in [6.45, 7) is 0. The SMILES string of the molecule is O=C1c2ccccc2[C@H](Nc2ccc(F)c(Cl)c2)N1c1ccc(Cl)cc1. The van der Waals surface area contributed by atoms with Crippen molar-refractivity contribution >= 4 is 40.5 Å². The molecule has 0 fully saturated rings. The molecule has 4 rings (SSSR count). The van der Waals surface area contributed by atoms with Crippen LogP contribution in [0.3, 0.4) is 0 Å². The highest BCUT2D eigenvalue weighted by Crippen LogP contribution is 2.38. The van der Waals surface area contributed by atoms with Crippen molar-refractivity contribution in [2.45, 2.75) is 6.17 Å². The van der Waals surface area contributed by atoms with E-state index in [4.69, 9.17) is 23.2 Å². The number of carbonyl (C=O) groups excluding carboxylic acids is 1. The zero-order valence-electron chi connectivity index (χ0n) is 13.4. The van der Waals surface area contributed by atoms with E-state index < -0.39 is 12.0 Å². The van der Waals surface area contributed by atoms with Crippen molar-refractivity contribution in [3.8, 4) is 0 Å². The summed E-state index contributed by atoms with van der Waals surface area (Å²) in [6.07, 6.45) is -0.443. The molecule has 0 unspecified atom stereocenters. The van der Waals surface area contributed by atoms with Gasteiger partial charge in [-0.1, -0.05) is 41.4 Å². The Morgan fingerprint density at radius 1 is 0.962 bits per heavy atom. The van der Waals surface area contributed by atoms with Gasteiger partial charge in [0.1, 0.15) is 12.0 Å². The number of anilines is 2. The van der Waals surface area contributed by atoms with Crippen molar-refractivity contribution in [2.24, 2.45) is 0 Å². The van der Waals surface area contributed by atoms with E-state index in [1.807, 2.05) is 18.2 Å². The van der Waals surface area contributed by atoms with Gasteiger partial charge in [-0.05, 0) is 48.5 Å². The molecule has 0 bridgehead atoms. The summed E-state index contributed by atoms with van der Waals surface area (Å²) < 4.78 is 13.5. The van der Waals surface area contributed by atoms with Crippen LogP contribution in [0.25, 0.3) is 0 Å². The number of hydrogen-bond acceptors (Lipinski definition) is 2. The van der Waals surface area contributed by atoms with Gasteiger partial charge >= 0.3 is 0 Å². The van der Waals surface area contributed by atoms with Gasteiger partial charge < -0.3 is 5.32 Å². The van der Waals surface area contributed by atoms with Crippen molar-refractivity contribution in [1.82, 2.24) is 0 Å². The molecule has 3 aromatic rings. The summed E-state index contributed by atoms with van der Waals surface area (Å²) in [6, 6.07) is 18.8. The number of rotatable bonds is 3. The second-order valence-electron chi connectivity index (χ2n) is 5.91. The van der Waals surface area contributed by atoms with Crippen LogP contribution in [0.4, 0.5) is 15.8 Å². The lowest BCUT2D eigenvalue weighted by atomic mass is 10.1. The minimum Gasteiger partial charge on any atom is -0.361 e. The second kappa shape index (κ2) is 6.63. The van der Waals surface area contributed by atoms with Crippen LogP contribution in [0.2, 0.25) is 10.0 Å². The van der Waals surface area contributed by atoms with Crippen LogP contribution in [0, 0.1) is 5.82 Å². The molecule has 0 saturated carbocycles. The van der Waals surface area contributed by atoms with E-state index in [0.29, 0.717) is 22.0 Å². The third kappa shape index (κ3) is 2.91. The van der Waals surface area contributed by atoms with Gasteiger partial charge in [0.15, 0.2) is 0 Å². The third-order valence-corrected chi connectivity index (χ3v) is 4.83. The fraction of sp³-hybridized carbons (Fsp3) is 0.0500. The highest BCUT2D eigenvalue weighted by Gasteiger charge is 2.37. The van der Waals surface area contributed by atoms with Crippen molar-refractivity contribution in [1.29, 1.82) is 0 Å². The summed E-state index contributed by atoms with van der Waals surface area (Å²) >= 11 is 11.9. The first-order valence-electron chi connectivity index (χ1n) is 7.94. The molecular formula is C20H13Cl2FN2O. The molecule has 0 aliphatic carbocycles. The van der Waals surface area contributed by atoms with Crippen LogP contribution >= 0.6 is 23.2 Å². The lowest BCUT2D eigenvalue weighted by molar-refractivity contribution is 0.0993. The number of amides is 1. The van der Waals surface area contributed by atoms with Crippen molar-refractivity contribution < 1.29 is 9.18 Å². The number of halogens is 3. The molecule has 130 valence electrons. The van der Waals surface area contributed by atoms with E-state index >= 15 is 0 Å². The molecule has 1 atom stereocenters. The minimum absolute atomic E-state index is 0.0191. The molecule has 0 saturated heterocycles. The number of hydrogen-bond donors (Lipinski definition) is 1. The molecule has 0 aromatic heterocycles. The molecule has 0 spiro atoms. The van der Waals surface area contributed by atoms with Crippen molar-refractivity contribution in [2.75, 3.05) is 10.2 Å². The Hall–Kier alpha value is -2.56. The summed E-state index contributed by atoms with van der Waals surface area (Å²) in [5, 5.41) is 3.89. The van der Waals surface area contributed by atoms with Crippen molar-refractivity contribution in [3.63, 3.8) is 0 Å². The first kappa shape index (κ1) is 16.9. The van der Waals surface area contributed by atoms with Crippen LogP contribution in [0.5, 0.6) is 0 Å². The van der Waals surface area contributed by atoms with E-state index in [2.05, 4.69) is 5.32 Å². The van der Waals surface area contributed by atoms with Gasteiger partial charge in [0.05, 0.1) is 5.02 Å². The van der Waals surface area contributed by atoms with E-state index in [1.54, 1.807) is 41.3 Å². The molecular weight excluding hydrogens is 374 g/mol. The van der Waals surface area contributed by atoms with Crippen molar-refractivity contribution in [3.05, 3.63) is 93.7 Å². The molecule has 1 aliphatic heterocycles. The van der Waals surface area contributed by atoms with Gasteiger partial charge in [-0.2, -0.15) is 0 Å². The Morgan fingerprint density at radius 3 is 2.42 bits per heavy atom. The topological polar surface area (TPSA) is 32.3 Å². The normalized spacial score (nSPS) is 15.9. The molecule has 3 aromatic carbocycles. The molecule has 3 nitrogen and oxygen atoms in total. The van der Waals surface area contributed by atoms with Crippen LogP contribution in [0.1, 0.15) is 22.1 Å². The number of nitrogens with zero attached hydrogens (tertiary/aromatic N) is 1. The molecule has 1 aliphatic rings. The number of benzene rings is 3. The maximum Gasteiger partial charge on any atom is 0.260 e. The van der Waals surface area contributed by atoms with Gasteiger partial charge in [0.2, 0.25) is 0 Å². The van der Waals surface area contributed by atoms with E-state index in [-0.39, 0.29) is 10.9 Å². The first-order chi connectivity index (χ1) is 12.5. The lowest BCUT2D eigenvalue weighted by Gasteiger charge is -2.27. The predicted octanol–water partition coefficient (Wildman–Crippen LogP) is 5.90. The molecule has 1 N–H and O–H groups in total. The average Bonchev–Trinajstić information content (AvgIpc) is 2.92. The van der Waals surface area contributed by atoms with Crippen LogP contribution < -0.4 is 10.2 Å². The fourth-order valence-corrected chi connectivity index (χ4v) is 3.38. The zero-order chi connectivity index (χ0) is 18.3. The van der Waals surface area contributed by atoms with Gasteiger partial charge in [0.25, 0.3) is 5.91 Å². The molecule has 1 amide bonds. The molecule has 0 radical (unpaired) electrons. The highest BCUT2D eigenvalue weighted by molar-refractivity contribution is 6.31. The molecule has 1 heterocycles. The monoisotopic (exact) mass is 386 g/mol. The predicted molar refractivity (Wildman–Crippen MR) is 102 cm³/mol. The molecule has 6 heteroatoms. The number of fused-ring (bicyclic) bond motifs is 1. The Labute approximate surface area is 160 Å².